The maximum Gasteiger partial charge on any atom is 0.306 e. The van der Waals surface area contributed by atoms with Crippen LogP contribution >= 0.6 is 7.82 Å². The Morgan fingerprint density at radius 2 is 0.655 bits per heavy atom. The van der Waals surface area contributed by atoms with Gasteiger partial charge in [0.25, 0.3) is 7.82 Å². The van der Waals surface area contributed by atoms with Gasteiger partial charge in [-0.1, -0.05) is 329 Å². The van der Waals surface area contributed by atoms with Crippen LogP contribution in [-0.4, -0.2) is 70.0 Å². The highest BCUT2D eigenvalue weighted by Gasteiger charge is 2.22. The van der Waals surface area contributed by atoms with E-state index in [1.54, 1.807) is 0 Å². The number of allylic oxidation sites excluding steroid dienone is 18. The quantitative estimate of drug-likeness (QED) is 0.0195. The number of phosphoric acid groups is 1. The van der Waals surface area contributed by atoms with Crippen LogP contribution in [0.2, 0.25) is 0 Å². The van der Waals surface area contributed by atoms with Crippen molar-refractivity contribution in [2.75, 3.05) is 47.5 Å². The second kappa shape index (κ2) is 67.1. The number of quaternary nitrogens is 1. The molecule has 10 heteroatoms. The third-order valence-corrected chi connectivity index (χ3v) is 16.5. The highest BCUT2D eigenvalue weighted by molar-refractivity contribution is 7.45. The Morgan fingerprint density at radius 1 is 0.368 bits per heavy atom. The second-order valence-corrected chi connectivity index (χ2v) is 26.6. The van der Waals surface area contributed by atoms with Crippen LogP contribution in [0, 0.1) is 0 Å². The number of phosphoric ester groups is 1. The van der Waals surface area contributed by atoms with Crippen molar-refractivity contribution >= 4 is 19.8 Å². The van der Waals surface area contributed by atoms with E-state index in [0.29, 0.717) is 17.4 Å². The molecule has 0 radical (unpaired) electrons. The van der Waals surface area contributed by atoms with Crippen LogP contribution < -0.4 is 4.89 Å². The van der Waals surface area contributed by atoms with Crippen LogP contribution in [0.25, 0.3) is 0 Å². The summed E-state index contributed by atoms with van der Waals surface area (Å²) in [7, 11) is 1.15. The Hall–Kier alpha value is -3.33. The van der Waals surface area contributed by atoms with Crippen molar-refractivity contribution in [3.63, 3.8) is 0 Å². The summed E-state index contributed by atoms with van der Waals surface area (Å²) in [6.07, 6.45) is 94.6. The Labute approximate surface area is 537 Å². The van der Waals surface area contributed by atoms with Gasteiger partial charge in [0, 0.05) is 12.8 Å². The molecule has 0 aliphatic rings. The van der Waals surface area contributed by atoms with E-state index in [9.17, 15) is 19.0 Å². The average molecular weight is 1230 g/mol. The molecule has 87 heavy (non-hydrogen) atoms. The van der Waals surface area contributed by atoms with Gasteiger partial charge in [-0.2, -0.15) is 0 Å². The van der Waals surface area contributed by atoms with E-state index in [0.717, 1.165) is 109 Å². The fourth-order valence-electron chi connectivity index (χ4n) is 10.1. The van der Waals surface area contributed by atoms with Crippen molar-refractivity contribution < 1.29 is 42.1 Å². The second-order valence-electron chi connectivity index (χ2n) is 25.2. The normalized spacial score (nSPS) is 13.8. The molecular formula is C77H136NO8P. The van der Waals surface area contributed by atoms with Gasteiger partial charge in [0.15, 0.2) is 6.10 Å². The zero-order valence-electron chi connectivity index (χ0n) is 57.2. The van der Waals surface area contributed by atoms with E-state index in [2.05, 4.69) is 123 Å². The number of carbonyl (C=O) groups is 2. The molecule has 9 nitrogen and oxygen atoms in total. The van der Waals surface area contributed by atoms with Gasteiger partial charge < -0.3 is 27.9 Å². The van der Waals surface area contributed by atoms with Gasteiger partial charge >= 0.3 is 11.9 Å². The van der Waals surface area contributed by atoms with Crippen molar-refractivity contribution in [2.24, 2.45) is 0 Å². The Balaban J connectivity index is 4.10. The maximum atomic E-state index is 12.9. The number of unbranched alkanes of at least 4 members (excludes halogenated alkanes) is 34. The van der Waals surface area contributed by atoms with Gasteiger partial charge in [0.2, 0.25) is 0 Å². The lowest BCUT2D eigenvalue weighted by Gasteiger charge is -2.28. The van der Waals surface area contributed by atoms with Crippen molar-refractivity contribution in [3.8, 4) is 0 Å². The molecule has 0 fully saturated rings. The van der Waals surface area contributed by atoms with E-state index in [1.165, 1.54) is 173 Å². The summed E-state index contributed by atoms with van der Waals surface area (Å²) in [4.78, 5) is 38.1. The molecular weight excluding hydrogens is 1100 g/mol. The van der Waals surface area contributed by atoms with Crippen molar-refractivity contribution in [1.29, 1.82) is 0 Å². The first-order chi connectivity index (χ1) is 42.5. The summed E-state index contributed by atoms with van der Waals surface area (Å²) in [5.41, 5.74) is 0. The lowest BCUT2D eigenvalue weighted by atomic mass is 10.0. The maximum absolute atomic E-state index is 12.9. The van der Waals surface area contributed by atoms with E-state index < -0.39 is 26.5 Å². The minimum atomic E-state index is -4.65. The largest absolute Gasteiger partial charge is 0.756 e. The number of esters is 2. The lowest BCUT2D eigenvalue weighted by molar-refractivity contribution is -0.870. The molecule has 0 spiro atoms. The van der Waals surface area contributed by atoms with Gasteiger partial charge in [0.05, 0.1) is 27.7 Å². The number of rotatable bonds is 66. The fraction of sp³-hybridized carbons (Fsp3) is 0.740. The molecule has 0 aromatic carbocycles. The lowest BCUT2D eigenvalue weighted by Crippen LogP contribution is -2.37. The molecule has 0 saturated carbocycles. The molecule has 0 aliphatic carbocycles. The number of ether oxygens (including phenoxy) is 2. The summed E-state index contributed by atoms with van der Waals surface area (Å²) in [5, 5.41) is 0. The molecule has 502 valence electrons. The number of nitrogens with zero attached hydrogens (tertiary/aromatic N) is 1. The summed E-state index contributed by atoms with van der Waals surface area (Å²) in [6.45, 7) is 4.14. The predicted molar refractivity (Wildman–Crippen MR) is 374 cm³/mol. The molecule has 0 saturated heterocycles. The third-order valence-electron chi connectivity index (χ3n) is 15.6. The van der Waals surface area contributed by atoms with E-state index in [4.69, 9.17) is 18.5 Å². The standard InChI is InChI=1S/C77H136NO8P/c1-6-8-10-12-14-16-18-20-22-24-26-28-30-32-34-36-38-39-40-42-44-46-48-50-52-54-56-58-60-62-64-66-68-70-77(80)86-75(74-85-87(81,82)84-72-71-78(3,4)5)73-83-76(79)69-67-65-63-61-59-57-55-53-51-49-47-45-43-41-37-35-33-31-29-27-25-23-21-19-17-15-13-11-9-7-2/h8,10,14,16,20,22,26,28,32,34,38-39,42,44,48,50,54,56,75H,6-7,9,11-13,15,17-19,21,23-25,27,29-31,33,35-37,40-41,43,45-47,49,51-53,55,57-74H2,1-5H3/b10-8-,16-14-,22-20-,28-26-,34-32-,39-38-,44-42-,50-48-,56-54-. The number of hydrogen-bond acceptors (Lipinski definition) is 8. The van der Waals surface area contributed by atoms with Crippen LogP contribution in [0.4, 0.5) is 0 Å². The third kappa shape index (κ3) is 71.6. The molecule has 0 amide bonds. The summed E-state index contributed by atoms with van der Waals surface area (Å²) in [6, 6.07) is 0. The zero-order valence-corrected chi connectivity index (χ0v) is 58.1. The fourth-order valence-corrected chi connectivity index (χ4v) is 10.8. The Morgan fingerprint density at radius 3 is 0.977 bits per heavy atom. The van der Waals surface area contributed by atoms with Crippen molar-refractivity contribution in [3.05, 3.63) is 109 Å². The molecule has 0 aromatic rings. The van der Waals surface area contributed by atoms with Crippen molar-refractivity contribution in [1.82, 2.24) is 0 Å². The molecule has 0 N–H and O–H groups in total. The minimum Gasteiger partial charge on any atom is -0.756 e. The first kappa shape index (κ1) is 83.7. The van der Waals surface area contributed by atoms with Gasteiger partial charge in [0.1, 0.15) is 19.8 Å². The summed E-state index contributed by atoms with van der Waals surface area (Å²) >= 11 is 0. The highest BCUT2D eigenvalue weighted by atomic mass is 31.2. The van der Waals surface area contributed by atoms with Crippen molar-refractivity contribution in [2.45, 2.75) is 322 Å². The average Bonchev–Trinajstić information content (AvgIpc) is 3.50. The van der Waals surface area contributed by atoms with E-state index in [1.807, 2.05) is 21.1 Å². The van der Waals surface area contributed by atoms with Gasteiger partial charge in [-0.3, -0.25) is 14.2 Å². The molecule has 2 unspecified atom stereocenters. The van der Waals surface area contributed by atoms with Crippen LogP contribution in [0.3, 0.4) is 0 Å². The summed E-state index contributed by atoms with van der Waals surface area (Å²) in [5.74, 6) is -0.850. The van der Waals surface area contributed by atoms with Gasteiger partial charge in [-0.15, -0.1) is 0 Å². The molecule has 0 bridgehead atoms. The van der Waals surface area contributed by atoms with Gasteiger partial charge in [-0.25, -0.2) is 0 Å². The SMILES string of the molecule is CC/C=C\C/C=C\C/C=C\C/C=C\C/C=C\C/C=C\C/C=C\C/C=C\C/C=C\CCCCCCCC(=O)OC(COC(=O)CCCCCCCCCCCCCCCCCCCCCCCCCCCCCCCC)COP(=O)([O-])OCC[N+](C)(C)C. The minimum absolute atomic E-state index is 0.0389. The van der Waals surface area contributed by atoms with Crippen LogP contribution in [0.15, 0.2) is 109 Å². The highest BCUT2D eigenvalue weighted by Crippen LogP contribution is 2.38. The van der Waals surface area contributed by atoms with E-state index in [-0.39, 0.29) is 32.0 Å². The van der Waals surface area contributed by atoms with Crippen LogP contribution in [-0.2, 0) is 32.7 Å². The topological polar surface area (TPSA) is 111 Å². The molecule has 0 heterocycles. The number of hydrogen-bond donors (Lipinski definition) is 0. The molecule has 0 aromatic heterocycles. The van der Waals surface area contributed by atoms with E-state index >= 15 is 0 Å². The summed E-state index contributed by atoms with van der Waals surface area (Å²) < 4.78 is 34.3. The predicted octanol–water partition coefficient (Wildman–Crippen LogP) is 23.0. The van der Waals surface area contributed by atoms with Crippen LogP contribution in [0.5, 0.6) is 0 Å². The first-order valence-electron chi connectivity index (χ1n) is 36.1. The monoisotopic (exact) mass is 1230 g/mol. The molecule has 0 rings (SSSR count). The Kier molecular flexibility index (Phi) is 64.5. The molecule has 2 atom stereocenters. The number of carbonyl (C=O) groups excluding carboxylic acids is 2. The number of likely N-dealkylation sites (N-methyl/N-ethyl adjacent to an activating group) is 1. The van der Waals surface area contributed by atoms with Gasteiger partial charge in [-0.05, 0) is 83.5 Å². The zero-order chi connectivity index (χ0) is 63.4. The Bertz CT molecular complexity index is 1840. The first-order valence-corrected chi connectivity index (χ1v) is 37.6. The smallest absolute Gasteiger partial charge is 0.306 e. The van der Waals surface area contributed by atoms with Crippen LogP contribution in [0.1, 0.15) is 316 Å². The molecule has 0 aliphatic heterocycles.